The Balaban J connectivity index is 0.00000160. The molecule has 0 spiro atoms. The predicted molar refractivity (Wildman–Crippen MR) is 151 cm³/mol. The molecule has 3 heteroatoms. The monoisotopic (exact) mass is 484 g/mol. The molecule has 2 unspecified atom stereocenters. The van der Waals surface area contributed by atoms with Gasteiger partial charge in [-0.1, -0.05) is 87.3 Å². The van der Waals surface area contributed by atoms with Crippen molar-refractivity contribution < 1.29 is 37.7 Å². The molecule has 0 heterocycles. The number of hydrogen-bond donors (Lipinski definition) is 0. The molecule has 0 bridgehead atoms. The minimum Gasteiger partial charge on any atom is -0.144 e. The van der Waals surface area contributed by atoms with E-state index in [4.69, 9.17) is 0 Å². The van der Waals surface area contributed by atoms with Gasteiger partial charge in [0.25, 0.3) is 0 Å². The third kappa shape index (κ3) is 4.59. The third-order valence-electron chi connectivity index (χ3n) is 8.20. The van der Waals surface area contributed by atoms with Gasteiger partial charge in [0.05, 0.1) is 0 Å². The number of hydrogen-bond acceptors (Lipinski definition) is 0. The maximum absolute atomic E-state index is 3.91. The van der Waals surface area contributed by atoms with Gasteiger partial charge in [-0.3, -0.25) is 0 Å². The Morgan fingerprint density at radius 2 is 1.08 bits per heavy atom. The maximum Gasteiger partial charge on any atom is 1.00 e. The zero-order valence-corrected chi connectivity index (χ0v) is 24.4. The Labute approximate surface area is 248 Å². The first-order valence-electron chi connectivity index (χ1n) is 13.3. The molecule has 2 atom stereocenters. The Bertz CT molecular complexity index is 1290. The molecule has 0 amide bonds. The van der Waals surface area contributed by atoms with E-state index < -0.39 is 8.07 Å². The van der Waals surface area contributed by atoms with Gasteiger partial charge in [-0.15, -0.1) is 92.4 Å². The van der Waals surface area contributed by atoms with Gasteiger partial charge in [0.1, 0.15) is 0 Å². The Morgan fingerprint density at radius 3 is 1.49 bits per heavy atom. The van der Waals surface area contributed by atoms with Crippen LogP contribution in [-0.2, 0) is 12.8 Å². The van der Waals surface area contributed by atoms with Gasteiger partial charge in [-0.2, -0.15) is 0 Å². The molecule has 176 valence electrons. The molecule has 0 saturated carbocycles. The Hall–Kier alpha value is -1.71. The first-order chi connectivity index (χ1) is 17.0. The smallest absolute Gasteiger partial charge is 0.144 e. The largest absolute Gasteiger partial charge is 1.00 e. The molecule has 4 aliphatic carbocycles. The minimum absolute atomic E-state index is 0. The SMILES string of the molecule is CCCc1ccc2c(c1[Si](C)(C)c1c(CCC)ccc3c1[C-]=C1C=CC=CC13)[C-]=C1C=CC=CC12.[Li+].[Li+]. The molecule has 0 radical (unpaired) electrons. The molecule has 0 fully saturated rings. The average Bonchev–Trinajstić information content (AvgIpc) is 3.42. The van der Waals surface area contributed by atoms with Gasteiger partial charge in [0.15, 0.2) is 0 Å². The summed E-state index contributed by atoms with van der Waals surface area (Å²) in [5.74, 6) is 0.718. The van der Waals surface area contributed by atoms with Crippen LogP contribution in [0.3, 0.4) is 0 Å². The first kappa shape index (κ1) is 28.3. The average molecular weight is 485 g/mol. The summed E-state index contributed by atoms with van der Waals surface area (Å²) in [5.41, 5.74) is 11.4. The summed E-state index contributed by atoms with van der Waals surface area (Å²) < 4.78 is 0. The van der Waals surface area contributed by atoms with Crippen molar-refractivity contribution in [1.29, 1.82) is 0 Å². The van der Waals surface area contributed by atoms with Crippen LogP contribution in [0.5, 0.6) is 0 Å². The van der Waals surface area contributed by atoms with Crippen molar-refractivity contribution in [2.24, 2.45) is 0 Å². The second-order valence-electron chi connectivity index (χ2n) is 10.9. The van der Waals surface area contributed by atoms with Crippen LogP contribution in [0.25, 0.3) is 0 Å². The number of benzene rings is 2. The van der Waals surface area contributed by atoms with Crippen LogP contribution >= 0.6 is 0 Å². The van der Waals surface area contributed by atoms with Crippen LogP contribution in [-0.4, -0.2) is 8.07 Å². The molecule has 2 aromatic carbocycles. The van der Waals surface area contributed by atoms with E-state index in [0.29, 0.717) is 11.8 Å². The quantitative estimate of drug-likeness (QED) is 0.425. The van der Waals surface area contributed by atoms with E-state index in [0.717, 1.165) is 12.8 Å². The van der Waals surface area contributed by atoms with Crippen LogP contribution in [0, 0.1) is 12.2 Å². The van der Waals surface area contributed by atoms with Crippen molar-refractivity contribution in [2.75, 3.05) is 0 Å². The molecular formula is C34H34Li2Si. The van der Waals surface area contributed by atoms with Crippen molar-refractivity contribution in [2.45, 2.75) is 64.5 Å². The molecule has 0 nitrogen and oxygen atoms in total. The Morgan fingerprint density at radius 1 is 0.649 bits per heavy atom. The zero-order chi connectivity index (χ0) is 24.2. The van der Waals surface area contributed by atoms with Gasteiger partial charge < -0.3 is 0 Å². The van der Waals surface area contributed by atoms with Crippen LogP contribution < -0.4 is 48.1 Å². The normalized spacial score (nSPS) is 19.8. The van der Waals surface area contributed by atoms with E-state index in [1.54, 1.807) is 10.4 Å². The number of fused-ring (bicyclic) bond motifs is 6. The van der Waals surface area contributed by atoms with Crippen molar-refractivity contribution >= 4 is 18.4 Å². The van der Waals surface area contributed by atoms with Gasteiger partial charge in [0, 0.05) is 8.07 Å². The number of allylic oxidation sites excluding steroid dienone is 10. The van der Waals surface area contributed by atoms with Crippen LogP contribution in [0.2, 0.25) is 13.1 Å². The second-order valence-corrected chi connectivity index (χ2v) is 15.1. The van der Waals surface area contributed by atoms with Crippen LogP contribution in [0.4, 0.5) is 0 Å². The van der Waals surface area contributed by atoms with E-state index >= 15 is 0 Å². The summed E-state index contributed by atoms with van der Waals surface area (Å²) in [6.45, 7) is 9.81. The standard InChI is InChI=1S/C34H34Si.2Li/c1-5-11-23-17-19-29-27-15-9-7-13-25(27)21-31(29)33(23)35(3,4)34-24(12-6-2)18-20-30-28-16-10-8-14-26(28)22-32(30)34;;/h7-10,13-20,27-28H,5-6,11-12H2,1-4H3;;/q-2;2*+1. The van der Waals surface area contributed by atoms with E-state index in [-0.39, 0.29) is 37.7 Å². The van der Waals surface area contributed by atoms with Crippen molar-refractivity contribution in [3.63, 3.8) is 0 Å². The molecule has 0 aliphatic heterocycles. The number of aryl methyl sites for hydroxylation is 2. The minimum atomic E-state index is -2.11. The van der Waals surface area contributed by atoms with E-state index in [1.165, 1.54) is 57.4 Å². The van der Waals surface area contributed by atoms with Crippen LogP contribution in [0.15, 0.2) is 84.0 Å². The molecule has 2 aromatic rings. The van der Waals surface area contributed by atoms with Gasteiger partial charge in [0.2, 0.25) is 0 Å². The summed E-state index contributed by atoms with van der Waals surface area (Å²) >= 11 is 0. The summed E-state index contributed by atoms with van der Waals surface area (Å²) in [6, 6.07) is 9.67. The molecular weight excluding hydrogens is 450 g/mol. The van der Waals surface area contributed by atoms with Crippen LogP contribution in [0.1, 0.15) is 71.9 Å². The zero-order valence-electron chi connectivity index (χ0n) is 23.4. The molecule has 0 saturated heterocycles. The van der Waals surface area contributed by atoms with Crippen molar-refractivity contribution in [1.82, 2.24) is 0 Å². The fourth-order valence-corrected chi connectivity index (χ4v) is 10.7. The van der Waals surface area contributed by atoms with E-state index in [1.807, 2.05) is 0 Å². The van der Waals surface area contributed by atoms with E-state index in [9.17, 15) is 0 Å². The fourth-order valence-electron chi connectivity index (χ4n) is 6.77. The second kappa shape index (κ2) is 11.2. The van der Waals surface area contributed by atoms with Crippen molar-refractivity contribution in [3.8, 4) is 0 Å². The topological polar surface area (TPSA) is 0 Å². The van der Waals surface area contributed by atoms with Crippen molar-refractivity contribution in [3.05, 3.63) is 130 Å². The predicted octanol–water partition coefficient (Wildman–Crippen LogP) is 1.02. The molecule has 4 aliphatic rings. The summed E-state index contributed by atoms with van der Waals surface area (Å²) in [6.07, 6.45) is 30.3. The fraction of sp³-hybridized carbons (Fsp3) is 0.294. The van der Waals surface area contributed by atoms with Gasteiger partial charge >= 0.3 is 37.7 Å². The van der Waals surface area contributed by atoms with Gasteiger partial charge in [-0.25, -0.2) is 0 Å². The molecule has 37 heavy (non-hydrogen) atoms. The molecule has 0 aromatic heterocycles. The third-order valence-corrected chi connectivity index (χ3v) is 11.8. The molecule has 0 N–H and O–H groups in total. The number of rotatable bonds is 6. The maximum atomic E-state index is 3.91. The summed E-state index contributed by atoms with van der Waals surface area (Å²) in [7, 11) is -2.11. The first-order valence-corrected chi connectivity index (χ1v) is 16.3. The van der Waals surface area contributed by atoms with Gasteiger partial charge in [-0.05, 0) is 24.7 Å². The van der Waals surface area contributed by atoms with E-state index in [2.05, 4.69) is 112 Å². The summed E-state index contributed by atoms with van der Waals surface area (Å²) in [4.78, 5) is 0. The Kier molecular flexibility index (Phi) is 8.56. The molecule has 6 rings (SSSR count). The summed E-state index contributed by atoms with van der Waals surface area (Å²) in [5, 5.41) is 3.22.